The highest BCUT2D eigenvalue weighted by molar-refractivity contribution is 5.44. The van der Waals surface area contributed by atoms with Crippen LogP contribution in [0.25, 0.3) is 0 Å². The van der Waals surface area contributed by atoms with Crippen molar-refractivity contribution in [2.45, 2.75) is 63.7 Å². The highest BCUT2D eigenvalue weighted by Crippen LogP contribution is 2.47. The predicted molar refractivity (Wildman–Crippen MR) is 75.6 cm³/mol. The zero-order valence-corrected chi connectivity index (χ0v) is 11.8. The van der Waals surface area contributed by atoms with E-state index in [9.17, 15) is 0 Å². The molecule has 2 N–H and O–H groups in total. The molecule has 1 fully saturated rings. The molecule has 1 atom stereocenters. The van der Waals surface area contributed by atoms with Gasteiger partial charge in [-0.2, -0.15) is 0 Å². The minimum Gasteiger partial charge on any atom is -0.491 e. The SMILES string of the molecule is CC(C)Oc1ccc2c(c1)C(N)CC1(CCCC1)O2. The molecule has 0 amide bonds. The van der Waals surface area contributed by atoms with Crippen molar-refractivity contribution in [2.75, 3.05) is 0 Å². The lowest BCUT2D eigenvalue weighted by Crippen LogP contribution is -2.40. The second kappa shape index (κ2) is 4.71. The fraction of sp³-hybridized carbons (Fsp3) is 0.625. The summed E-state index contributed by atoms with van der Waals surface area (Å²) in [5, 5.41) is 0. The van der Waals surface area contributed by atoms with Crippen LogP contribution in [0.4, 0.5) is 0 Å². The Balaban J connectivity index is 1.88. The molecule has 0 saturated heterocycles. The molecule has 3 heteroatoms. The first kappa shape index (κ1) is 12.8. The van der Waals surface area contributed by atoms with E-state index in [2.05, 4.69) is 0 Å². The molecule has 1 aromatic rings. The number of hydrogen-bond donors (Lipinski definition) is 1. The van der Waals surface area contributed by atoms with Crippen molar-refractivity contribution < 1.29 is 9.47 Å². The highest BCUT2D eigenvalue weighted by atomic mass is 16.5. The summed E-state index contributed by atoms with van der Waals surface area (Å²) < 4.78 is 12.0. The van der Waals surface area contributed by atoms with Gasteiger partial charge in [-0.25, -0.2) is 0 Å². The Morgan fingerprint density at radius 1 is 1.32 bits per heavy atom. The molecule has 0 radical (unpaired) electrons. The van der Waals surface area contributed by atoms with Gasteiger partial charge in [-0.1, -0.05) is 0 Å². The van der Waals surface area contributed by atoms with Gasteiger partial charge in [0.25, 0.3) is 0 Å². The zero-order chi connectivity index (χ0) is 13.5. The molecule has 1 aromatic carbocycles. The topological polar surface area (TPSA) is 44.5 Å². The summed E-state index contributed by atoms with van der Waals surface area (Å²) in [5.74, 6) is 1.84. The van der Waals surface area contributed by atoms with Crippen LogP contribution in [-0.4, -0.2) is 11.7 Å². The minimum atomic E-state index is 0.00678. The Labute approximate surface area is 115 Å². The van der Waals surface area contributed by atoms with Gasteiger partial charge in [-0.3, -0.25) is 0 Å². The summed E-state index contributed by atoms with van der Waals surface area (Å²) in [4.78, 5) is 0. The number of hydrogen-bond acceptors (Lipinski definition) is 3. The van der Waals surface area contributed by atoms with Crippen molar-refractivity contribution in [3.05, 3.63) is 23.8 Å². The van der Waals surface area contributed by atoms with E-state index in [4.69, 9.17) is 15.2 Å². The highest BCUT2D eigenvalue weighted by Gasteiger charge is 2.42. The maximum atomic E-state index is 6.37. The maximum absolute atomic E-state index is 6.37. The van der Waals surface area contributed by atoms with Crippen molar-refractivity contribution in [2.24, 2.45) is 5.73 Å². The van der Waals surface area contributed by atoms with Crippen LogP contribution < -0.4 is 15.2 Å². The van der Waals surface area contributed by atoms with Crippen LogP contribution in [0.1, 0.15) is 57.6 Å². The Hall–Kier alpha value is -1.22. The van der Waals surface area contributed by atoms with Crippen LogP contribution in [0.3, 0.4) is 0 Å². The van der Waals surface area contributed by atoms with E-state index in [0.29, 0.717) is 0 Å². The Bertz CT molecular complexity index is 464. The smallest absolute Gasteiger partial charge is 0.125 e. The van der Waals surface area contributed by atoms with E-state index >= 15 is 0 Å². The van der Waals surface area contributed by atoms with E-state index in [0.717, 1.165) is 36.3 Å². The third-order valence-electron chi connectivity index (χ3n) is 4.19. The third kappa shape index (κ3) is 2.44. The average Bonchev–Trinajstić information content (AvgIpc) is 2.77. The van der Waals surface area contributed by atoms with E-state index in [1.807, 2.05) is 32.0 Å². The lowest BCUT2D eigenvalue weighted by molar-refractivity contribution is 0.0424. The monoisotopic (exact) mass is 261 g/mol. The molecule has 104 valence electrons. The fourth-order valence-electron chi connectivity index (χ4n) is 3.37. The fourth-order valence-corrected chi connectivity index (χ4v) is 3.37. The van der Waals surface area contributed by atoms with E-state index in [1.165, 1.54) is 12.8 Å². The van der Waals surface area contributed by atoms with Crippen molar-refractivity contribution >= 4 is 0 Å². The minimum absolute atomic E-state index is 0.00678. The summed E-state index contributed by atoms with van der Waals surface area (Å²) in [5.41, 5.74) is 7.47. The first-order valence-corrected chi connectivity index (χ1v) is 7.33. The molecule has 1 saturated carbocycles. The lowest BCUT2D eigenvalue weighted by atomic mass is 9.86. The summed E-state index contributed by atoms with van der Waals surface area (Å²) in [6.07, 6.45) is 5.92. The molecule has 3 nitrogen and oxygen atoms in total. The first-order valence-electron chi connectivity index (χ1n) is 7.33. The third-order valence-corrected chi connectivity index (χ3v) is 4.19. The van der Waals surface area contributed by atoms with E-state index in [1.54, 1.807) is 0 Å². The van der Waals surface area contributed by atoms with Crippen LogP contribution in [0.2, 0.25) is 0 Å². The van der Waals surface area contributed by atoms with Gasteiger partial charge in [0.1, 0.15) is 17.1 Å². The lowest BCUT2D eigenvalue weighted by Gasteiger charge is -2.38. The molecule has 0 aromatic heterocycles. The van der Waals surface area contributed by atoms with Crippen molar-refractivity contribution in [1.82, 2.24) is 0 Å². The first-order chi connectivity index (χ1) is 9.08. The van der Waals surface area contributed by atoms with Gasteiger partial charge in [-0.15, -0.1) is 0 Å². The molecular formula is C16H23NO2. The molecule has 1 aliphatic carbocycles. The number of nitrogens with two attached hydrogens (primary N) is 1. The molecule has 3 rings (SSSR count). The average molecular weight is 261 g/mol. The van der Waals surface area contributed by atoms with Gasteiger partial charge in [0, 0.05) is 18.0 Å². The standard InChI is InChI=1S/C16H23NO2/c1-11(2)18-12-5-6-15-13(9-12)14(17)10-16(19-15)7-3-4-8-16/h5-6,9,11,14H,3-4,7-8,10,17H2,1-2H3. The van der Waals surface area contributed by atoms with Crippen molar-refractivity contribution in [3.63, 3.8) is 0 Å². The zero-order valence-electron chi connectivity index (χ0n) is 11.8. The summed E-state index contributed by atoms with van der Waals surface area (Å²) >= 11 is 0. The predicted octanol–water partition coefficient (Wildman–Crippen LogP) is 3.57. The van der Waals surface area contributed by atoms with Crippen molar-refractivity contribution in [1.29, 1.82) is 0 Å². The van der Waals surface area contributed by atoms with Crippen molar-refractivity contribution in [3.8, 4) is 11.5 Å². The van der Waals surface area contributed by atoms with Crippen LogP contribution in [0.5, 0.6) is 11.5 Å². The Morgan fingerprint density at radius 2 is 2.05 bits per heavy atom. The number of ether oxygens (including phenoxy) is 2. The number of fused-ring (bicyclic) bond motifs is 1. The normalized spacial score (nSPS) is 24.3. The van der Waals surface area contributed by atoms with Gasteiger partial charge in [0.05, 0.1) is 6.10 Å². The molecule has 19 heavy (non-hydrogen) atoms. The molecule has 1 spiro atoms. The summed E-state index contributed by atoms with van der Waals surface area (Å²) in [6, 6.07) is 6.12. The quantitative estimate of drug-likeness (QED) is 0.885. The van der Waals surface area contributed by atoms with Gasteiger partial charge < -0.3 is 15.2 Å². The Morgan fingerprint density at radius 3 is 2.74 bits per heavy atom. The molecule has 1 aliphatic heterocycles. The van der Waals surface area contributed by atoms with Gasteiger partial charge >= 0.3 is 0 Å². The van der Waals surface area contributed by atoms with E-state index < -0.39 is 0 Å². The molecular weight excluding hydrogens is 238 g/mol. The van der Waals surface area contributed by atoms with Crippen LogP contribution in [0, 0.1) is 0 Å². The van der Waals surface area contributed by atoms with Gasteiger partial charge in [-0.05, 0) is 57.7 Å². The molecule has 0 bridgehead atoms. The molecule has 1 heterocycles. The van der Waals surface area contributed by atoms with Crippen LogP contribution in [-0.2, 0) is 0 Å². The molecule has 1 unspecified atom stereocenters. The molecule has 2 aliphatic rings. The van der Waals surface area contributed by atoms with Crippen LogP contribution >= 0.6 is 0 Å². The second-order valence-corrected chi connectivity index (χ2v) is 6.17. The van der Waals surface area contributed by atoms with Crippen LogP contribution in [0.15, 0.2) is 18.2 Å². The van der Waals surface area contributed by atoms with Gasteiger partial charge in [0.15, 0.2) is 0 Å². The maximum Gasteiger partial charge on any atom is 0.125 e. The van der Waals surface area contributed by atoms with E-state index in [-0.39, 0.29) is 17.7 Å². The summed E-state index contributed by atoms with van der Waals surface area (Å²) in [7, 11) is 0. The second-order valence-electron chi connectivity index (χ2n) is 6.17. The summed E-state index contributed by atoms with van der Waals surface area (Å²) in [6.45, 7) is 4.06. The number of rotatable bonds is 2. The van der Waals surface area contributed by atoms with Gasteiger partial charge in [0.2, 0.25) is 0 Å². The largest absolute Gasteiger partial charge is 0.491 e. The Kier molecular flexibility index (Phi) is 3.17. The number of benzene rings is 1.